The van der Waals surface area contributed by atoms with Gasteiger partial charge < -0.3 is 21.9 Å². The molecule has 1 fully saturated rings. The highest BCUT2D eigenvalue weighted by atomic mass is 35.5. The molecule has 1 saturated heterocycles. The van der Waals surface area contributed by atoms with E-state index < -0.39 is 11.8 Å². The first-order valence-corrected chi connectivity index (χ1v) is 5.98. The van der Waals surface area contributed by atoms with Gasteiger partial charge in [-0.15, -0.1) is 0 Å². The van der Waals surface area contributed by atoms with Crippen LogP contribution in [0, 0.1) is 5.82 Å². The molecule has 106 valence electrons. The summed E-state index contributed by atoms with van der Waals surface area (Å²) in [5.74, 6) is -0.916. The Morgan fingerprint density at radius 3 is 2.79 bits per heavy atom. The van der Waals surface area contributed by atoms with Crippen LogP contribution in [0.15, 0.2) is 24.3 Å². The van der Waals surface area contributed by atoms with Crippen LogP contribution >= 0.6 is 0 Å². The molecule has 19 heavy (non-hydrogen) atoms. The van der Waals surface area contributed by atoms with Crippen LogP contribution in [0.4, 0.5) is 4.39 Å². The predicted molar refractivity (Wildman–Crippen MR) is 63.9 cm³/mol. The second kappa shape index (κ2) is 8.09. The Balaban J connectivity index is 0.00000180. The number of benzene rings is 1. The van der Waals surface area contributed by atoms with Crippen molar-refractivity contribution in [2.75, 3.05) is 39.5 Å². The molecule has 0 N–H and O–H groups in total. The van der Waals surface area contributed by atoms with Gasteiger partial charge in [0.25, 0.3) is 0 Å². The van der Waals surface area contributed by atoms with Gasteiger partial charge in [0.15, 0.2) is 0 Å². The lowest BCUT2D eigenvalue weighted by atomic mass is 10.2. The largest absolute Gasteiger partial charge is 1.00 e. The molecule has 0 spiro atoms. The number of morpholine rings is 1. The minimum Gasteiger partial charge on any atom is -1.00 e. The summed E-state index contributed by atoms with van der Waals surface area (Å²) < 4.78 is 23.2. The molecule has 0 radical (unpaired) electrons. The van der Waals surface area contributed by atoms with E-state index in [1.165, 1.54) is 18.2 Å². The molecule has 1 aliphatic heterocycles. The number of rotatable bonds is 4. The fourth-order valence-electron chi connectivity index (χ4n) is 1.79. The van der Waals surface area contributed by atoms with E-state index >= 15 is 0 Å². The number of halogens is 2. The normalized spacial score (nSPS) is 15.6. The highest BCUT2D eigenvalue weighted by Crippen LogP contribution is 2.05. The van der Waals surface area contributed by atoms with Gasteiger partial charge in [-0.2, -0.15) is 0 Å². The molecule has 0 atom stereocenters. The Bertz CT molecular complexity index is 411. The molecular formula is C13H16ClFNO3-. The van der Waals surface area contributed by atoms with Crippen LogP contribution in [0.3, 0.4) is 0 Å². The predicted octanol–water partition coefficient (Wildman–Crippen LogP) is -1.68. The molecule has 0 amide bonds. The highest BCUT2D eigenvalue weighted by Gasteiger charge is 2.12. The van der Waals surface area contributed by atoms with Crippen molar-refractivity contribution in [1.82, 2.24) is 4.90 Å². The Hall–Kier alpha value is -1.17. The summed E-state index contributed by atoms with van der Waals surface area (Å²) in [5.41, 5.74) is 0.247. The summed E-state index contributed by atoms with van der Waals surface area (Å²) in [4.78, 5) is 13.8. The van der Waals surface area contributed by atoms with E-state index in [0.29, 0.717) is 13.2 Å². The Kier molecular flexibility index (Phi) is 6.77. The van der Waals surface area contributed by atoms with Crippen molar-refractivity contribution >= 4 is 5.97 Å². The van der Waals surface area contributed by atoms with Gasteiger partial charge >= 0.3 is 5.97 Å². The van der Waals surface area contributed by atoms with Gasteiger partial charge in [0.05, 0.1) is 18.8 Å². The topological polar surface area (TPSA) is 38.8 Å². The number of ether oxygens (including phenoxy) is 2. The number of nitrogens with zero attached hydrogens (tertiary/aromatic N) is 1. The number of carbonyl (C=O) groups excluding carboxylic acids is 1. The van der Waals surface area contributed by atoms with E-state index in [0.717, 1.165) is 26.3 Å². The van der Waals surface area contributed by atoms with Crippen molar-refractivity contribution in [2.24, 2.45) is 0 Å². The molecule has 0 unspecified atom stereocenters. The van der Waals surface area contributed by atoms with Gasteiger partial charge in [-0.3, -0.25) is 4.90 Å². The maximum absolute atomic E-state index is 12.9. The lowest BCUT2D eigenvalue weighted by molar-refractivity contribution is -0.0000369. The monoisotopic (exact) mass is 288 g/mol. The molecule has 1 aromatic rings. The maximum atomic E-state index is 12.9. The van der Waals surface area contributed by atoms with E-state index in [1.54, 1.807) is 6.07 Å². The van der Waals surface area contributed by atoms with E-state index in [1.807, 2.05) is 0 Å². The molecule has 0 bridgehead atoms. The summed E-state index contributed by atoms with van der Waals surface area (Å²) in [5, 5.41) is 0. The molecule has 1 heterocycles. The first-order valence-electron chi connectivity index (χ1n) is 5.98. The highest BCUT2D eigenvalue weighted by molar-refractivity contribution is 5.89. The van der Waals surface area contributed by atoms with Crippen LogP contribution in [-0.4, -0.2) is 50.3 Å². The third-order valence-corrected chi connectivity index (χ3v) is 2.80. The third kappa shape index (κ3) is 5.14. The average Bonchev–Trinajstić information content (AvgIpc) is 2.40. The lowest BCUT2D eigenvalue weighted by Gasteiger charge is -2.26. The molecule has 1 aliphatic rings. The molecule has 1 aromatic carbocycles. The molecule has 2 rings (SSSR count). The van der Waals surface area contributed by atoms with Crippen molar-refractivity contribution in [3.8, 4) is 0 Å². The molecule has 0 saturated carbocycles. The summed E-state index contributed by atoms with van der Waals surface area (Å²) in [6.45, 7) is 4.16. The van der Waals surface area contributed by atoms with Gasteiger partial charge in [0, 0.05) is 19.6 Å². The second-order valence-corrected chi connectivity index (χ2v) is 4.10. The maximum Gasteiger partial charge on any atom is 0.338 e. The summed E-state index contributed by atoms with van der Waals surface area (Å²) >= 11 is 0. The van der Waals surface area contributed by atoms with Crippen molar-refractivity contribution < 1.29 is 31.1 Å². The summed E-state index contributed by atoms with van der Waals surface area (Å²) in [7, 11) is 0. The zero-order valence-electron chi connectivity index (χ0n) is 10.5. The fraction of sp³-hybridized carbons (Fsp3) is 0.462. The van der Waals surface area contributed by atoms with Crippen LogP contribution in [-0.2, 0) is 9.47 Å². The second-order valence-electron chi connectivity index (χ2n) is 4.10. The van der Waals surface area contributed by atoms with Crippen molar-refractivity contribution in [3.05, 3.63) is 35.6 Å². The zero-order chi connectivity index (χ0) is 12.8. The van der Waals surface area contributed by atoms with Gasteiger partial charge in [-0.05, 0) is 18.2 Å². The molecule has 0 aromatic heterocycles. The van der Waals surface area contributed by atoms with Gasteiger partial charge in [0.2, 0.25) is 0 Å². The van der Waals surface area contributed by atoms with Crippen LogP contribution in [0.2, 0.25) is 0 Å². The Morgan fingerprint density at radius 2 is 2.11 bits per heavy atom. The molecule has 6 heteroatoms. The zero-order valence-corrected chi connectivity index (χ0v) is 11.2. The number of hydrogen-bond donors (Lipinski definition) is 0. The van der Waals surface area contributed by atoms with Crippen LogP contribution < -0.4 is 12.4 Å². The molecule has 0 aliphatic carbocycles. The summed E-state index contributed by atoms with van der Waals surface area (Å²) in [6.07, 6.45) is 0. The standard InChI is InChI=1S/C13H16FNO3.ClH/c14-12-3-1-2-11(10-12)13(16)18-9-6-15-4-7-17-8-5-15;/h1-3,10H,4-9H2;1H/p-1. The quantitative estimate of drug-likeness (QED) is 0.621. The fourth-order valence-corrected chi connectivity index (χ4v) is 1.79. The van der Waals surface area contributed by atoms with Crippen molar-refractivity contribution in [1.29, 1.82) is 0 Å². The molecular weight excluding hydrogens is 273 g/mol. The summed E-state index contributed by atoms with van der Waals surface area (Å²) in [6, 6.07) is 5.51. The van der Waals surface area contributed by atoms with Crippen molar-refractivity contribution in [3.63, 3.8) is 0 Å². The van der Waals surface area contributed by atoms with E-state index in [9.17, 15) is 9.18 Å². The molecule has 4 nitrogen and oxygen atoms in total. The number of esters is 1. The van der Waals surface area contributed by atoms with E-state index in [2.05, 4.69) is 4.90 Å². The van der Waals surface area contributed by atoms with Gasteiger partial charge in [-0.1, -0.05) is 6.07 Å². The Labute approximate surface area is 117 Å². The smallest absolute Gasteiger partial charge is 0.338 e. The first kappa shape index (κ1) is 15.9. The SMILES string of the molecule is O=C(OCCN1CCOCC1)c1cccc(F)c1.[Cl-]. The van der Waals surface area contributed by atoms with E-state index in [-0.39, 0.29) is 18.0 Å². The first-order chi connectivity index (χ1) is 8.75. The minimum atomic E-state index is -0.484. The van der Waals surface area contributed by atoms with Crippen molar-refractivity contribution in [2.45, 2.75) is 0 Å². The minimum absolute atomic E-state index is 0. The number of hydrogen-bond acceptors (Lipinski definition) is 4. The van der Waals surface area contributed by atoms with Crippen LogP contribution in [0.25, 0.3) is 0 Å². The van der Waals surface area contributed by atoms with Crippen LogP contribution in [0.1, 0.15) is 10.4 Å². The van der Waals surface area contributed by atoms with E-state index in [4.69, 9.17) is 9.47 Å². The van der Waals surface area contributed by atoms with Gasteiger partial charge in [-0.25, -0.2) is 9.18 Å². The Morgan fingerprint density at radius 1 is 1.37 bits per heavy atom. The van der Waals surface area contributed by atoms with Gasteiger partial charge in [0.1, 0.15) is 12.4 Å². The average molecular weight is 289 g/mol. The third-order valence-electron chi connectivity index (χ3n) is 2.80. The lowest BCUT2D eigenvalue weighted by Crippen LogP contribution is -3.00. The number of carbonyl (C=O) groups is 1. The van der Waals surface area contributed by atoms with Crippen LogP contribution in [0.5, 0.6) is 0 Å².